The topological polar surface area (TPSA) is 46.5 Å². The van der Waals surface area contributed by atoms with Gasteiger partial charge >= 0.3 is 5.97 Å². The van der Waals surface area contributed by atoms with E-state index < -0.39 is 5.60 Å². The van der Waals surface area contributed by atoms with Crippen LogP contribution in [0.5, 0.6) is 0 Å². The molecule has 0 heterocycles. The van der Waals surface area contributed by atoms with E-state index in [9.17, 15) is 9.90 Å². The molecule has 25 heavy (non-hydrogen) atoms. The van der Waals surface area contributed by atoms with Gasteiger partial charge in [0.05, 0.1) is 12.2 Å². The molecular weight excluding hydrogens is 312 g/mol. The Bertz CT molecular complexity index is 560. The first kappa shape index (κ1) is 20.2. The summed E-state index contributed by atoms with van der Waals surface area (Å²) in [7, 11) is 0. The fourth-order valence-electron chi connectivity index (χ4n) is 5.42. The Hall–Kier alpha value is -1.09. The minimum Gasteiger partial charge on any atom is -0.465 e. The van der Waals surface area contributed by atoms with Crippen LogP contribution in [0.4, 0.5) is 0 Å². The summed E-state index contributed by atoms with van der Waals surface area (Å²) < 4.78 is 5.46. The van der Waals surface area contributed by atoms with E-state index in [-0.39, 0.29) is 16.8 Å². The van der Waals surface area contributed by atoms with Gasteiger partial charge in [-0.2, -0.15) is 0 Å². The fourth-order valence-corrected chi connectivity index (χ4v) is 5.42. The predicted molar refractivity (Wildman–Crippen MR) is 102 cm³/mol. The average molecular weight is 349 g/mol. The van der Waals surface area contributed by atoms with Gasteiger partial charge < -0.3 is 9.84 Å². The zero-order chi connectivity index (χ0) is 18.9. The van der Waals surface area contributed by atoms with Crippen molar-refractivity contribution in [3.05, 3.63) is 23.8 Å². The van der Waals surface area contributed by atoms with Gasteiger partial charge in [-0.25, -0.2) is 0 Å². The van der Waals surface area contributed by atoms with E-state index in [2.05, 4.69) is 27.4 Å². The molecule has 0 amide bonds. The van der Waals surface area contributed by atoms with Crippen LogP contribution in [-0.2, 0) is 9.53 Å². The largest absolute Gasteiger partial charge is 0.465 e. The Morgan fingerprint density at radius 1 is 1.44 bits per heavy atom. The molecule has 0 radical (unpaired) electrons. The second-order valence-electron chi connectivity index (χ2n) is 9.12. The van der Waals surface area contributed by atoms with Crippen LogP contribution in [0.2, 0.25) is 0 Å². The highest BCUT2D eigenvalue weighted by atomic mass is 16.5. The molecule has 0 aromatic heterocycles. The highest BCUT2D eigenvalue weighted by Crippen LogP contribution is 2.60. The Balaban J connectivity index is 2.27. The first-order valence-electron chi connectivity index (χ1n) is 9.72. The molecule has 1 N–H and O–H groups in total. The van der Waals surface area contributed by atoms with Crippen LogP contribution in [0.1, 0.15) is 79.6 Å². The third-order valence-corrected chi connectivity index (χ3v) is 6.99. The number of esters is 1. The maximum absolute atomic E-state index is 11.4. The number of carbonyl (C=O) groups is 1. The molecule has 3 nitrogen and oxygen atoms in total. The van der Waals surface area contributed by atoms with Crippen molar-refractivity contribution in [1.82, 2.24) is 0 Å². The third-order valence-electron chi connectivity index (χ3n) is 6.99. The Labute approximate surface area is 153 Å². The van der Waals surface area contributed by atoms with E-state index in [0.29, 0.717) is 18.9 Å². The van der Waals surface area contributed by atoms with Crippen LogP contribution in [0, 0.1) is 16.7 Å². The third kappa shape index (κ3) is 4.19. The van der Waals surface area contributed by atoms with Crippen LogP contribution in [0.25, 0.3) is 0 Å². The summed E-state index contributed by atoms with van der Waals surface area (Å²) in [5.74, 6) is 0.346. The number of aliphatic hydroxyl groups is 1. The summed E-state index contributed by atoms with van der Waals surface area (Å²) in [5, 5.41) is 10.4. The van der Waals surface area contributed by atoms with Crippen molar-refractivity contribution in [3.63, 3.8) is 0 Å². The standard InChI is InChI=1S/C22H36O3/c1-7-21(5,24)14-11-18-16(2)9-10-19-20(4,15-25-17(3)23)12-8-13-22(18,19)6/h7,19,24H,1,8-15H2,2-6H3/t19-,20+,21+,22+/m0/s1. The van der Waals surface area contributed by atoms with E-state index in [1.54, 1.807) is 6.08 Å². The lowest BCUT2D eigenvalue weighted by Gasteiger charge is -2.56. The number of allylic oxidation sites excluding steroid dienone is 2. The molecule has 2 rings (SSSR count). The smallest absolute Gasteiger partial charge is 0.302 e. The normalized spacial score (nSPS) is 34.9. The van der Waals surface area contributed by atoms with Gasteiger partial charge in [0.1, 0.15) is 0 Å². The van der Waals surface area contributed by atoms with Crippen LogP contribution < -0.4 is 0 Å². The van der Waals surface area contributed by atoms with Crippen LogP contribution in [0.15, 0.2) is 23.8 Å². The first-order valence-corrected chi connectivity index (χ1v) is 9.72. The van der Waals surface area contributed by atoms with Crippen molar-refractivity contribution < 1.29 is 14.6 Å². The molecule has 0 saturated heterocycles. The maximum atomic E-state index is 11.4. The number of hydrogen-bond donors (Lipinski definition) is 1. The highest BCUT2D eigenvalue weighted by Gasteiger charge is 2.52. The maximum Gasteiger partial charge on any atom is 0.302 e. The zero-order valence-corrected chi connectivity index (χ0v) is 16.8. The first-order chi connectivity index (χ1) is 11.5. The predicted octanol–water partition coefficient (Wildman–Crippen LogP) is 5.19. The average Bonchev–Trinajstić information content (AvgIpc) is 2.52. The molecule has 0 bridgehead atoms. The summed E-state index contributed by atoms with van der Waals surface area (Å²) in [6.45, 7) is 14.6. The molecule has 0 aliphatic heterocycles. The summed E-state index contributed by atoms with van der Waals surface area (Å²) >= 11 is 0. The molecule has 1 fully saturated rings. The van der Waals surface area contributed by atoms with E-state index in [4.69, 9.17) is 4.74 Å². The minimum absolute atomic E-state index is 0.0472. The SMILES string of the molecule is C=C[C@@](C)(O)CCC1=C(C)CC[C@H]2[C@@](C)(COC(C)=O)CCC[C@]12C. The van der Waals surface area contributed by atoms with Crippen molar-refractivity contribution in [3.8, 4) is 0 Å². The Kier molecular flexibility index (Phi) is 5.88. The van der Waals surface area contributed by atoms with Gasteiger partial charge in [-0.3, -0.25) is 4.79 Å². The van der Waals surface area contributed by atoms with Crippen LogP contribution in [-0.4, -0.2) is 23.3 Å². The second kappa shape index (κ2) is 7.26. The summed E-state index contributed by atoms with van der Waals surface area (Å²) in [5.41, 5.74) is 2.40. The lowest BCUT2D eigenvalue weighted by Crippen LogP contribution is -2.49. The lowest BCUT2D eigenvalue weighted by molar-refractivity contribution is -0.149. The van der Waals surface area contributed by atoms with Crippen molar-refractivity contribution in [2.45, 2.75) is 85.2 Å². The quantitative estimate of drug-likeness (QED) is 0.531. The van der Waals surface area contributed by atoms with Crippen molar-refractivity contribution in [2.24, 2.45) is 16.7 Å². The number of ether oxygens (including phenoxy) is 1. The Morgan fingerprint density at radius 3 is 2.72 bits per heavy atom. The zero-order valence-electron chi connectivity index (χ0n) is 16.8. The molecule has 0 unspecified atom stereocenters. The number of carbonyl (C=O) groups excluding carboxylic acids is 1. The van der Waals surface area contributed by atoms with Gasteiger partial charge in [-0.15, -0.1) is 6.58 Å². The molecule has 142 valence electrons. The molecule has 2 aliphatic rings. The molecule has 3 heteroatoms. The van der Waals surface area contributed by atoms with E-state index in [0.717, 1.165) is 19.3 Å². The van der Waals surface area contributed by atoms with Crippen molar-refractivity contribution in [1.29, 1.82) is 0 Å². The van der Waals surface area contributed by atoms with Crippen molar-refractivity contribution in [2.75, 3.05) is 6.61 Å². The second-order valence-corrected chi connectivity index (χ2v) is 9.12. The molecule has 0 aromatic rings. The molecule has 1 saturated carbocycles. The van der Waals surface area contributed by atoms with E-state index >= 15 is 0 Å². The van der Waals surface area contributed by atoms with E-state index in [1.807, 2.05) is 6.92 Å². The molecule has 0 aromatic carbocycles. The Morgan fingerprint density at radius 2 is 2.12 bits per heavy atom. The highest BCUT2D eigenvalue weighted by molar-refractivity contribution is 5.65. The minimum atomic E-state index is -0.813. The van der Waals surface area contributed by atoms with Gasteiger partial charge in [-0.05, 0) is 63.7 Å². The lowest BCUT2D eigenvalue weighted by atomic mass is 9.49. The van der Waals surface area contributed by atoms with Gasteiger partial charge in [0.25, 0.3) is 0 Å². The number of fused-ring (bicyclic) bond motifs is 1. The van der Waals surface area contributed by atoms with Gasteiger partial charge in [0, 0.05) is 12.3 Å². The molecular formula is C22H36O3. The summed E-state index contributed by atoms with van der Waals surface area (Å²) in [6.07, 6.45) is 9.04. The van der Waals surface area contributed by atoms with Crippen molar-refractivity contribution >= 4 is 5.97 Å². The van der Waals surface area contributed by atoms with Crippen LogP contribution >= 0.6 is 0 Å². The number of rotatable bonds is 6. The monoisotopic (exact) mass is 348 g/mol. The van der Waals surface area contributed by atoms with Gasteiger partial charge in [-0.1, -0.05) is 37.5 Å². The van der Waals surface area contributed by atoms with Crippen LogP contribution in [0.3, 0.4) is 0 Å². The molecule has 4 atom stereocenters. The number of hydrogen-bond acceptors (Lipinski definition) is 3. The van der Waals surface area contributed by atoms with E-state index in [1.165, 1.54) is 37.3 Å². The molecule has 2 aliphatic carbocycles. The fraction of sp³-hybridized carbons (Fsp3) is 0.773. The van der Waals surface area contributed by atoms with Gasteiger partial charge in [0.2, 0.25) is 0 Å². The summed E-state index contributed by atoms with van der Waals surface area (Å²) in [4.78, 5) is 11.4. The molecule has 0 spiro atoms. The summed E-state index contributed by atoms with van der Waals surface area (Å²) in [6, 6.07) is 0. The van der Waals surface area contributed by atoms with Gasteiger partial charge in [0.15, 0.2) is 0 Å².